The summed E-state index contributed by atoms with van der Waals surface area (Å²) in [6.45, 7) is 0.935. The van der Waals surface area contributed by atoms with E-state index in [9.17, 15) is 19.8 Å². The number of aromatic amines is 1. The van der Waals surface area contributed by atoms with Gasteiger partial charge in [0.25, 0.3) is 0 Å². The van der Waals surface area contributed by atoms with Gasteiger partial charge in [-0.3, -0.25) is 14.2 Å². The highest BCUT2D eigenvalue weighted by Crippen LogP contribution is 2.41. The van der Waals surface area contributed by atoms with E-state index >= 15 is 0 Å². The fraction of sp³-hybridized carbons (Fsp3) is 0.0500. The van der Waals surface area contributed by atoms with E-state index in [2.05, 4.69) is 25.8 Å². The lowest BCUT2D eigenvalue weighted by Gasteiger charge is -2.13. The molecule has 2 heterocycles. The Labute approximate surface area is 340 Å². The lowest BCUT2D eigenvalue weighted by atomic mass is 10.0. The standard InChI is InChI=1S/C40H30Cl4N8O4/c41-28-17-31(37(55)26-13-11-24(15-32(26)53)29(50-45)20-47-18-22-7-3-1-4-8-22)52(40(28)44)36-34(42)39(43)49-35(36)38(56)27-14-12-25(16-33(27)54)30(51-46)21-48-19-23-9-5-2-6-10-23/h1-17,20-21,45-49,53-54H,18-19H2/b29-20-,30-21-,50-45?,51-46?. The Morgan fingerprint density at radius 2 is 1.18 bits per heavy atom. The van der Waals surface area contributed by atoms with E-state index in [0.29, 0.717) is 24.2 Å². The molecule has 0 aliphatic carbocycles. The highest BCUT2D eigenvalue weighted by Gasteiger charge is 2.31. The number of hydrogen-bond donors (Lipinski definition) is 7. The summed E-state index contributed by atoms with van der Waals surface area (Å²) >= 11 is 26.1. The molecule has 0 fully saturated rings. The second-order valence-electron chi connectivity index (χ2n) is 12.1. The number of carbonyl (C=O) groups excluding carboxylic acids is 2. The minimum Gasteiger partial charge on any atom is -0.507 e. The molecule has 12 nitrogen and oxygen atoms in total. The first kappa shape index (κ1) is 39.5. The van der Waals surface area contributed by atoms with Crippen LogP contribution in [-0.2, 0) is 13.1 Å². The Hall–Kier alpha value is -6.18. The number of H-pyrrole nitrogens is 1. The molecule has 2 aromatic heterocycles. The number of halogens is 4. The molecule has 0 spiro atoms. The third kappa shape index (κ3) is 8.38. The third-order valence-corrected chi connectivity index (χ3v) is 10.1. The predicted molar refractivity (Wildman–Crippen MR) is 216 cm³/mol. The Morgan fingerprint density at radius 3 is 1.64 bits per heavy atom. The molecule has 0 aliphatic heterocycles. The van der Waals surface area contributed by atoms with E-state index in [-0.39, 0.29) is 59.9 Å². The van der Waals surface area contributed by atoms with Crippen LogP contribution in [0.15, 0.2) is 126 Å². The maximum absolute atomic E-state index is 14.1. The second kappa shape index (κ2) is 17.5. The minimum atomic E-state index is -0.779. The van der Waals surface area contributed by atoms with Crippen LogP contribution in [0.3, 0.4) is 0 Å². The number of benzene rings is 4. The van der Waals surface area contributed by atoms with Crippen molar-refractivity contribution in [3.05, 3.63) is 181 Å². The van der Waals surface area contributed by atoms with Crippen LogP contribution in [0, 0.1) is 11.1 Å². The summed E-state index contributed by atoms with van der Waals surface area (Å²) < 4.78 is 1.12. The fourth-order valence-electron chi connectivity index (χ4n) is 5.78. The average molecular weight is 829 g/mol. The topological polar surface area (TPSA) is 192 Å². The quantitative estimate of drug-likeness (QED) is 0.0398. The van der Waals surface area contributed by atoms with Gasteiger partial charge in [0.1, 0.15) is 43.9 Å². The Morgan fingerprint density at radius 1 is 0.696 bits per heavy atom. The van der Waals surface area contributed by atoms with Gasteiger partial charge in [-0.25, -0.2) is 11.1 Å². The number of nitrogens with one attached hydrogen (secondary N) is 5. The zero-order chi connectivity index (χ0) is 39.9. The van der Waals surface area contributed by atoms with E-state index in [0.717, 1.165) is 15.7 Å². The van der Waals surface area contributed by atoms with Gasteiger partial charge in [0.2, 0.25) is 11.6 Å². The van der Waals surface area contributed by atoms with Crippen LogP contribution >= 0.6 is 46.4 Å². The summed E-state index contributed by atoms with van der Waals surface area (Å²) in [5.41, 5.74) is 17.5. The van der Waals surface area contributed by atoms with Gasteiger partial charge in [0.15, 0.2) is 0 Å². The molecule has 0 aliphatic rings. The molecule has 0 amide bonds. The van der Waals surface area contributed by atoms with Gasteiger partial charge in [0.05, 0.1) is 27.5 Å². The molecule has 0 saturated carbocycles. The van der Waals surface area contributed by atoms with Gasteiger partial charge >= 0.3 is 0 Å². The Balaban J connectivity index is 1.30. The van der Waals surface area contributed by atoms with E-state index < -0.39 is 23.1 Å². The SMILES string of the molecule is N=N/C(=C\NCc1ccccc1)c1ccc(C(=O)c2[nH]c(Cl)c(Cl)c2-n2c(C(=O)c3ccc(/C(=C/NCc4ccccc4)N=N)cc3O)cc(Cl)c2Cl)c(O)c1. The molecular weight excluding hydrogens is 798 g/mol. The molecule has 6 aromatic rings. The first-order chi connectivity index (χ1) is 27.0. The number of phenolic OH excluding ortho intramolecular Hbond substituents is 2. The number of aromatic nitrogens is 2. The molecule has 7 N–H and O–H groups in total. The first-order valence-electron chi connectivity index (χ1n) is 16.6. The Kier molecular flexibility index (Phi) is 12.4. The monoisotopic (exact) mass is 826 g/mol. The van der Waals surface area contributed by atoms with E-state index in [4.69, 9.17) is 57.5 Å². The fourth-order valence-corrected chi connectivity index (χ4v) is 6.60. The Bertz CT molecular complexity index is 2360. The molecule has 6 rings (SSSR count). The van der Waals surface area contributed by atoms with E-state index in [1.165, 1.54) is 54.9 Å². The number of aromatic hydroxyl groups is 2. The molecule has 282 valence electrons. The van der Waals surface area contributed by atoms with Crippen LogP contribution in [0.5, 0.6) is 11.5 Å². The molecule has 0 atom stereocenters. The molecule has 0 saturated heterocycles. The number of hydrogen-bond acceptors (Lipinski definition) is 10. The first-order valence-corrected chi connectivity index (χ1v) is 18.1. The summed E-state index contributed by atoms with van der Waals surface area (Å²) in [6.07, 6.45) is 3.04. The highest BCUT2D eigenvalue weighted by atomic mass is 35.5. The minimum absolute atomic E-state index is 0.0767. The third-order valence-electron chi connectivity index (χ3n) is 8.55. The van der Waals surface area contributed by atoms with Gasteiger partial charge < -0.3 is 25.8 Å². The van der Waals surface area contributed by atoms with Crippen LogP contribution in [0.2, 0.25) is 20.4 Å². The predicted octanol–water partition coefficient (Wildman–Crippen LogP) is 10.5. The van der Waals surface area contributed by atoms with Crippen molar-refractivity contribution in [1.82, 2.24) is 20.2 Å². The number of rotatable bonds is 15. The van der Waals surface area contributed by atoms with Crippen LogP contribution in [0.25, 0.3) is 17.1 Å². The molecule has 0 bridgehead atoms. The van der Waals surface area contributed by atoms with Crippen molar-refractivity contribution in [1.29, 1.82) is 11.1 Å². The zero-order valence-corrected chi connectivity index (χ0v) is 32.0. The largest absolute Gasteiger partial charge is 0.507 e. The van der Waals surface area contributed by atoms with Crippen LogP contribution in [0.1, 0.15) is 54.4 Å². The highest BCUT2D eigenvalue weighted by molar-refractivity contribution is 6.45. The van der Waals surface area contributed by atoms with Crippen LogP contribution in [-0.4, -0.2) is 31.3 Å². The van der Waals surface area contributed by atoms with Crippen LogP contribution in [0.4, 0.5) is 0 Å². The zero-order valence-electron chi connectivity index (χ0n) is 28.9. The summed E-state index contributed by atoms with van der Waals surface area (Å²) in [6, 6.07) is 28.7. The number of nitrogens with zero attached hydrogens (tertiary/aromatic N) is 3. The molecule has 56 heavy (non-hydrogen) atoms. The van der Waals surface area contributed by atoms with Crippen molar-refractivity contribution in [3.8, 4) is 17.2 Å². The van der Waals surface area contributed by atoms with Crippen molar-refractivity contribution in [3.63, 3.8) is 0 Å². The van der Waals surface area contributed by atoms with Crippen molar-refractivity contribution in [2.75, 3.05) is 0 Å². The van der Waals surface area contributed by atoms with E-state index in [1.54, 1.807) is 0 Å². The van der Waals surface area contributed by atoms with Crippen molar-refractivity contribution >= 4 is 69.4 Å². The lowest BCUT2D eigenvalue weighted by Crippen LogP contribution is -2.13. The average Bonchev–Trinajstić information content (AvgIpc) is 3.67. The van der Waals surface area contributed by atoms with Crippen molar-refractivity contribution < 1.29 is 19.8 Å². The number of carbonyl (C=O) groups is 2. The van der Waals surface area contributed by atoms with Crippen LogP contribution < -0.4 is 10.6 Å². The summed E-state index contributed by atoms with van der Waals surface area (Å²) in [5, 5.41) is 34.8. The van der Waals surface area contributed by atoms with Gasteiger partial charge in [0, 0.05) is 36.6 Å². The molecule has 16 heteroatoms. The summed E-state index contributed by atoms with van der Waals surface area (Å²) in [4.78, 5) is 30.9. The van der Waals surface area contributed by atoms with Gasteiger partial charge in [-0.2, -0.15) is 10.2 Å². The number of ketones is 2. The number of phenols is 2. The smallest absolute Gasteiger partial charge is 0.215 e. The summed E-state index contributed by atoms with van der Waals surface area (Å²) in [5.74, 6) is -2.41. The van der Waals surface area contributed by atoms with Gasteiger partial charge in [-0.1, -0.05) is 119 Å². The maximum Gasteiger partial charge on any atom is 0.215 e. The lowest BCUT2D eigenvalue weighted by molar-refractivity contribution is 0.101. The summed E-state index contributed by atoms with van der Waals surface area (Å²) in [7, 11) is 0. The van der Waals surface area contributed by atoms with E-state index in [1.807, 2.05) is 60.7 Å². The second-order valence-corrected chi connectivity index (χ2v) is 13.6. The molecular formula is C40H30Cl4N8O4. The molecule has 0 unspecified atom stereocenters. The van der Waals surface area contributed by atoms with Gasteiger partial charge in [-0.05, 0) is 41.5 Å². The van der Waals surface area contributed by atoms with Crippen molar-refractivity contribution in [2.24, 2.45) is 10.2 Å². The molecule has 0 radical (unpaired) electrons. The van der Waals surface area contributed by atoms with Gasteiger partial charge in [-0.15, -0.1) is 0 Å². The normalized spacial score (nSPS) is 11.6. The maximum atomic E-state index is 14.1. The molecule has 4 aromatic carbocycles. The van der Waals surface area contributed by atoms with Crippen molar-refractivity contribution in [2.45, 2.75) is 13.1 Å².